The lowest BCUT2D eigenvalue weighted by molar-refractivity contribution is 0.598. The maximum absolute atomic E-state index is 13.6. The average molecular weight is 362 g/mol. The van der Waals surface area contributed by atoms with Gasteiger partial charge in [-0.05, 0) is 43.4 Å². The predicted octanol–water partition coefficient (Wildman–Crippen LogP) is 3.80. The van der Waals surface area contributed by atoms with E-state index in [2.05, 4.69) is 9.62 Å². The van der Waals surface area contributed by atoms with Gasteiger partial charge >= 0.3 is 0 Å². The normalized spacial score (nSPS) is 14.7. The molecule has 1 aliphatic heterocycles. The summed E-state index contributed by atoms with van der Waals surface area (Å²) in [6.45, 7) is 1.74. The van der Waals surface area contributed by atoms with E-state index in [1.165, 1.54) is 12.1 Å². The van der Waals surface area contributed by atoms with Crippen molar-refractivity contribution in [1.82, 2.24) is 0 Å². The third-order valence-corrected chi connectivity index (χ3v) is 5.75. The van der Waals surface area contributed by atoms with E-state index in [1.54, 1.807) is 6.07 Å². The van der Waals surface area contributed by atoms with Gasteiger partial charge < -0.3 is 4.90 Å². The van der Waals surface area contributed by atoms with E-state index in [1.807, 2.05) is 30.3 Å². The van der Waals surface area contributed by atoms with E-state index in [0.29, 0.717) is 18.5 Å². The zero-order chi connectivity index (χ0) is 17.7. The van der Waals surface area contributed by atoms with Crippen LogP contribution in [0.1, 0.15) is 24.8 Å². The Morgan fingerprint density at radius 1 is 1.04 bits per heavy atom. The number of nitrogens with one attached hydrogen (secondary N) is 1. The minimum Gasteiger partial charge on any atom is -0.370 e. The van der Waals surface area contributed by atoms with E-state index >= 15 is 0 Å². The standard InChI is InChI=1S/C19H23FN2O2S/c20-17-10-11-19(22-12-4-5-13-22)18(15-17)21-25(23,24)14-6-9-16-7-2-1-3-8-16/h1-3,7-8,10-11,15,21H,4-6,9,12-14H2. The number of halogens is 1. The van der Waals surface area contributed by atoms with Gasteiger partial charge in [-0.15, -0.1) is 0 Å². The second-order valence-electron chi connectivity index (χ2n) is 6.37. The van der Waals surface area contributed by atoms with Crippen LogP contribution in [0.15, 0.2) is 48.5 Å². The summed E-state index contributed by atoms with van der Waals surface area (Å²) < 4.78 is 41.0. The van der Waals surface area contributed by atoms with Gasteiger partial charge in [0.05, 0.1) is 17.1 Å². The smallest absolute Gasteiger partial charge is 0.232 e. The van der Waals surface area contributed by atoms with Crippen molar-refractivity contribution in [3.8, 4) is 0 Å². The van der Waals surface area contributed by atoms with Gasteiger partial charge in [0.2, 0.25) is 10.0 Å². The van der Waals surface area contributed by atoms with Crippen LogP contribution in [0.5, 0.6) is 0 Å². The molecule has 1 heterocycles. The Kier molecular flexibility index (Phi) is 5.58. The molecule has 25 heavy (non-hydrogen) atoms. The summed E-state index contributed by atoms with van der Waals surface area (Å²) in [6, 6.07) is 14.1. The summed E-state index contributed by atoms with van der Waals surface area (Å²) >= 11 is 0. The van der Waals surface area contributed by atoms with E-state index in [0.717, 1.165) is 37.2 Å². The molecule has 0 atom stereocenters. The Labute approximate surface area is 148 Å². The van der Waals surface area contributed by atoms with Crippen molar-refractivity contribution in [3.63, 3.8) is 0 Å². The Morgan fingerprint density at radius 3 is 2.48 bits per heavy atom. The molecule has 1 aliphatic rings. The SMILES string of the molecule is O=S(=O)(CCCc1ccccc1)Nc1cc(F)ccc1N1CCCC1. The first-order chi connectivity index (χ1) is 12.0. The molecule has 4 nitrogen and oxygen atoms in total. The van der Waals surface area contributed by atoms with Crippen molar-refractivity contribution in [2.45, 2.75) is 25.7 Å². The van der Waals surface area contributed by atoms with E-state index in [-0.39, 0.29) is 5.75 Å². The van der Waals surface area contributed by atoms with Gasteiger partial charge in [-0.1, -0.05) is 30.3 Å². The molecule has 3 rings (SSSR count). The molecular weight excluding hydrogens is 339 g/mol. The van der Waals surface area contributed by atoms with E-state index in [4.69, 9.17) is 0 Å². The Bertz CT molecular complexity index is 803. The largest absolute Gasteiger partial charge is 0.370 e. The second-order valence-corrected chi connectivity index (χ2v) is 8.21. The summed E-state index contributed by atoms with van der Waals surface area (Å²) in [4.78, 5) is 2.10. The highest BCUT2D eigenvalue weighted by atomic mass is 32.2. The lowest BCUT2D eigenvalue weighted by atomic mass is 10.1. The lowest BCUT2D eigenvalue weighted by Crippen LogP contribution is -2.22. The predicted molar refractivity (Wildman–Crippen MR) is 100 cm³/mol. The molecular formula is C19H23FN2O2S. The molecule has 1 fully saturated rings. The zero-order valence-corrected chi connectivity index (χ0v) is 14.9. The highest BCUT2D eigenvalue weighted by molar-refractivity contribution is 7.92. The Morgan fingerprint density at radius 2 is 1.76 bits per heavy atom. The first-order valence-electron chi connectivity index (χ1n) is 8.62. The number of hydrogen-bond acceptors (Lipinski definition) is 3. The summed E-state index contributed by atoms with van der Waals surface area (Å²) in [6.07, 6.45) is 3.36. The Balaban J connectivity index is 1.66. The summed E-state index contributed by atoms with van der Waals surface area (Å²) in [5, 5.41) is 0. The number of anilines is 2. The molecule has 0 bridgehead atoms. The number of nitrogens with zero attached hydrogens (tertiary/aromatic N) is 1. The molecule has 0 amide bonds. The molecule has 0 saturated carbocycles. The average Bonchev–Trinajstić information content (AvgIpc) is 3.09. The summed E-state index contributed by atoms with van der Waals surface area (Å²) in [5.41, 5.74) is 2.20. The Hall–Kier alpha value is -2.08. The quantitative estimate of drug-likeness (QED) is 0.815. The van der Waals surface area contributed by atoms with Gasteiger partial charge in [0, 0.05) is 19.2 Å². The molecule has 2 aromatic carbocycles. The van der Waals surface area contributed by atoms with Crippen molar-refractivity contribution < 1.29 is 12.8 Å². The van der Waals surface area contributed by atoms with Crippen molar-refractivity contribution in [2.75, 3.05) is 28.5 Å². The maximum Gasteiger partial charge on any atom is 0.232 e. The van der Waals surface area contributed by atoms with Crippen LogP contribution < -0.4 is 9.62 Å². The van der Waals surface area contributed by atoms with Crippen LogP contribution in [0.25, 0.3) is 0 Å². The molecule has 2 aromatic rings. The minimum absolute atomic E-state index is 0.0118. The van der Waals surface area contributed by atoms with Gasteiger partial charge in [0.1, 0.15) is 5.82 Å². The second kappa shape index (κ2) is 7.87. The molecule has 0 aliphatic carbocycles. The maximum atomic E-state index is 13.6. The number of rotatable bonds is 7. The molecule has 1 saturated heterocycles. The van der Waals surface area contributed by atoms with Crippen LogP contribution in [0, 0.1) is 5.82 Å². The van der Waals surface area contributed by atoms with E-state index in [9.17, 15) is 12.8 Å². The van der Waals surface area contributed by atoms with Crippen LogP contribution in [0.3, 0.4) is 0 Å². The van der Waals surface area contributed by atoms with Crippen LogP contribution in [0.2, 0.25) is 0 Å². The number of sulfonamides is 1. The van der Waals surface area contributed by atoms with Gasteiger partial charge in [-0.25, -0.2) is 12.8 Å². The monoisotopic (exact) mass is 362 g/mol. The fourth-order valence-electron chi connectivity index (χ4n) is 3.15. The van der Waals surface area contributed by atoms with Crippen LogP contribution in [-0.2, 0) is 16.4 Å². The number of hydrogen-bond donors (Lipinski definition) is 1. The number of aryl methyl sites for hydroxylation is 1. The summed E-state index contributed by atoms with van der Waals surface area (Å²) in [7, 11) is -3.52. The third-order valence-electron chi connectivity index (χ3n) is 4.39. The molecule has 0 radical (unpaired) electrons. The van der Waals surface area contributed by atoms with Crippen molar-refractivity contribution >= 4 is 21.4 Å². The van der Waals surface area contributed by atoms with Crippen molar-refractivity contribution in [2.24, 2.45) is 0 Å². The molecule has 0 spiro atoms. The first kappa shape index (κ1) is 17.7. The highest BCUT2D eigenvalue weighted by Crippen LogP contribution is 2.30. The first-order valence-corrected chi connectivity index (χ1v) is 10.3. The lowest BCUT2D eigenvalue weighted by Gasteiger charge is -2.22. The fraction of sp³-hybridized carbons (Fsp3) is 0.368. The fourth-order valence-corrected chi connectivity index (χ4v) is 4.28. The summed E-state index contributed by atoms with van der Waals surface area (Å²) in [5.74, 6) is -0.428. The zero-order valence-electron chi connectivity index (χ0n) is 14.1. The van der Waals surface area contributed by atoms with Crippen molar-refractivity contribution in [3.05, 3.63) is 59.9 Å². The van der Waals surface area contributed by atoms with Gasteiger partial charge in [0.25, 0.3) is 0 Å². The van der Waals surface area contributed by atoms with Gasteiger partial charge in [-0.3, -0.25) is 4.72 Å². The number of benzene rings is 2. The highest BCUT2D eigenvalue weighted by Gasteiger charge is 2.19. The van der Waals surface area contributed by atoms with Crippen LogP contribution >= 0.6 is 0 Å². The molecule has 134 valence electrons. The molecule has 0 aromatic heterocycles. The molecule has 6 heteroatoms. The molecule has 0 unspecified atom stereocenters. The third kappa shape index (κ3) is 4.95. The molecule has 1 N–H and O–H groups in total. The van der Waals surface area contributed by atoms with Gasteiger partial charge in [-0.2, -0.15) is 0 Å². The van der Waals surface area contributed by atoms with Gasteiger partial charge in [0.15, 0.2) is 0 Å². The van der Waals surface area contributed by atoms with Crippen LogP contribution in [-0.4, -0.2) is 27.3 Å². The minimum atomic E-state index is -3.52. The van der Waals surface area contributed by atoms with Crippen molar-refractivity contribution in [1.29, 1.82) is 0 Å². The van der Waals surface area contributed by atoms with Crippen LogP contribution in [0.4, 0.5) is 15.8 Å². The van der Waals surface area contributed by atoms with E-state index < -0.39 is 15.8 Å². The topological polar surface area (TPSA) is 49.4 Å².